The lowest BCUT2D eigenvalue weighted by Gasteiger charge is -2.35. The summed E-state index contributed by atoms with van der Waals surface area (Å²) < 4.78 is 0. The Morgan fingerprint density at radius 3 is 2.23 bits per heavy atom. The SMILES string of the molecule is c1ccc(-c2ccc(-c3[nH]ncc3CN3CCN(c4cnccn4)CC3)cc2)cc1. The number of nitrogens with zero attached hydrogens (tertiary/aromatic N) is 5. The van der Waals surface area contributed by atoms with E-state index in [1.807, 2.05) is 18.5 Å². The maximum Gasteiger partial charge on any atom is 0.147 e. The van der Waals surface area contributed by atoms with Gasteiger partial charge in [-0.05, 0) is 16.7 Å². The molecule has 1 aliphatic heterocycles. The zero-order valence-corrected chi connectivity index (χ0v) is 16.8. The molecule has 30 heavy (non-hydrogen) atoms. The van der Waals surface area contributed by atoms with Crippen molar-refractivity contribution >= 4 is 5.82 Å². The molecule has 6 nitrogen and oxygen atoms in total. The van der Waals surface area contributed by atoms with Gasteiger partial charge in [0.05, 0.1) is 18.1 Å². The molecular weight excluding hydrogens is 372 g/mol. The van der Waals surface area contributed by atoms with E-state index in [0.717, 1.165) is 44.2 Å². The molecule has 2 aromatic carbocycles. The van der Waals surface area contributed by atoms with E-state index in [9.17, 15) is 0 Å². The topological polar surface area (TPSA) is 60.9 Å². The van der Waals surface area contributed by atoms with Gasteiger partial charge in [0.15, 0.2) is 0 Å². The van der Waals surface area contributed by atoms with Gasteiger partial charge in [-0.25, -0.2) is 4.98 Å². The van der Waals surface area contributed by atoms with E-state index < -0.39 is 0 Å². The molecule has 3 heterocycles. The van der Waals surface area contributed by atoms with Crippen LogP contribution >= 0.6 is 0 Å². The van der Waals surface area contributed by atoms with Crippen LogP contribution in [0.3, 0.4) is 0 Å². The number of rotatable bonds is 5. The second-order valence-corrected chi connectivity index (χ2v) is 7.54. The Kier molecular flexibility index (Phi) is 5.23. The van der Waals surface area contributed by atoms with Crippen LogP contribution in [0.5, 0.6) is 0 Å². The van der Waals surface area contributed by atoms with E-state index in [-0.39, 0.29) is 0 Å². The Balaban J connectivity index is 1.26. The first-order chi connectivity index (χ1) is 14.9. The number of benzene rings is 2. The highest BCUT2D eigenvalue weighted by Crippen LogP contribution is 2.26. The molecule has 1 fully saturated rings. The molecule has 1 aliphatic rings. The number of nitrogens with one attached hydrogen (secondary N) is 1. The molecule has 0 amide bonds. The van der Waals surface area contributed by atoms with Crippen LogP contribution in [0.15, 0.2) is 79.4 Å². The van der Waals surface area contributed by atoms with Crippen molar-refractivity contribution < 1.29 is 0 Å². The summed E-state index contributed by atoms with van der Waals surface area (Å²) in [7, 11) is 0. The normalized spacial score (nSPS) is 14.7. The molecule has 4 aromatic rings. The number of aromatic amines is 1. The number of piperazine rings is 1. The van der Waals surface area contributed by atoms with Crippen LogP contribution in [0.25, 0.3) is 22.4 Å². The molecule has 0 atom stereocenters. The van der Waals surface area contributed by atoms with Crippen LogP contribution in [0, 0.1) is 0 Å². The van der Waals surface area contributed by atoms with Crippen molar-refractivity contribution in [1.82, 2.24) is 25.1 Å². The van der Waals surface area contributed by atoms with Crippen LogP contribution < -0.4 is 4.90 Å². The molecule has 6 heteroatoms. The van der Waals surface area contributed by atoms with Crippen LogP contribution in [0.1, 0.15) is 5.56 Å². The Morgan fingerprint density at radius 2 is 1.50 bits per heavy atom. The van der Waals surface area contributed by atoms with Crippen molar-refractivity contribution in [1.29, 1.82) is 0 Å². The predicted octanol–water partition coefficient (Wildman–Crippen LogP) is 3.86. The number of anilines is 1. The minimum atomic E-state index is 0.889. The lowest BCUT2D eigenvalue weighted by atomic mass is 10.0. The monoisotopic (exact) mass is 396 g/mol. The van der Waals surface area contributed by atoms with Gasteiger partial charge in [-0.15, -0.1) is 0 Å². The molecule has 0 saturated carbocycles. The van der Waals surface area contributed by atoms with Gasteiger partial charge in [0, 0.05) is 50.7 Å². The third kappa shape index (κ3) is 3.95. The summed E-state index contributed by atoms with van der Waals surface area (Å²) in [5.74, 6) is 0.958. The second kappa shape index (κ2) is 8.47. The first kappa shape index (κ1) is 18.5. The average molecular weight is 396 g/mol. The van der Waals surface area contributed by atoms with Crippen molar-refractivity contribution in [3.63, 3.8) is 0 Å². The van der Waals surface area contributed by atoms with E-state index in [1.165, 1.54) is 22.3 Å². The van der Waals surface area contributed by atoms with Crippen LogP contribution in [-0.4, -0.2) is 51.2 Å². The van der Waals surface area contributed by atoms with Gasteiger partial charge in [-0.1, -0.05) is 54.6 Å². The van der Waals surface area contributed by atoms with Gasteiger partial charge < -0.3 is 4.90 Å². The Hall–Kier alpha value is -3.51. The van der Waals surface area contributed by atoms with Crippen LogP contribution in [0.2, 0.25) is 0 Å². The van der Waals surface area contributed by atoms with Gasteiger partial charge in [0.25, 0.3) is 0 Å². The van der Waals surface area contributed by atoms with E-state index in [4.69, 9.17) is 0 Å². The average Bonchev–Trinajstić information content (AvgIpc) is 3.29. The zero-order chi connectivity index (χ0) is 20.2. The standard InChI is InChI=1S/C24H24N6/c1-2-4-19(5-3-1)20-6-8-21(9-7-20)24-22(16-27-28-24)18-29-12-14-30(15-13-29)23-17-25-10-11-26-23/h1-11,16-17H,12-15,18H2,(H,27,28). The number of aromatic nitrogens is 4. The molecule has 0 radical (unpaired) electrons. The van der Waals surface area contributed by atoms with Gasteiger partial charge >= 0.3 is 0 Å². The smallest absolute Gasteiger partial charge is 0.147 e. The van der Waals surface area contributed by atoms with Gasteiger partial charge in [0.1, 0.15) is 5.82 Å². The summed E-state index contributed by atoms with van der Waals surface area (Å²) in [4.78, 5) is 13.4. The largest absolute Gasteiger partial charge is 0.353 e. The lowest BCUT2D eigenvalue weighted by molar-refractivity contribution is 0.249. The van der Waals surface area contributed by atoms with E-state index >= 15 is 0 Å². The van der Waals surface area contributed by atoms with E-state index in [2.05, 4.69) is 78.5 Å². The highest BCUT2D eigenvalue weighted by Gasteiger charge is 2.20. The molecule has 5 rings (SSSR count). The molecule has 0 unspecified atom stereocenters. The Bertz CT molecular complexity index is 1070. The molecule has 1 saturated heterocycles. The number of hydrogen-bond donors (Lipinski definition) is 1. The summed E-state index contributed by atoms with van der Waals surface area (Å²) in [5, 5.41) is 7.53. The van der Waals surface area contributed by atoms with Crippen molar-refractivity contribution in [3.05, 3.63) is 84.9 Å². The fourth-order valence-corrected chi connectivity index (χ4v) is 3.97. The summed E-state index contributed by atoms with van der Waals surface area (Å²) in [6.07, 6.45) is 7.26. The lowest BCUT2D eigenvalue weighted by Crippen LogP contribution is -2.46. The highest BCUT2D eigenvalue weighted by molar-refractivity contribution is 5.70. The van der Waals surface area contributed by atoms with Crippen molar-refractivity contribution in [2.45, 2.75) is 6.54 Å². The molecule has 2 aromatic heterocycles. The summed E-state index contributed by atoms with van der Waals surface area (Å²) in [5.41, 5.74) is 5.96. The van der Waals surface area contributed by atoms with Gasteiger partial charge in [0.2, 0.25) is 0 Å². The molecule has 1 N–H and O–H groups in total. The maximum atomic E-state index is 4.42. The van der Waals surface area contributed by atoms with E-state index in [0.29, 0.717) is 0 Å². The van der Waals surface area contributed by atoms with Crippen molar-refractivity contribution in [2.24, 2.45) is 0 Å². The predicted molar refractivity (Wildman–Crippen MR) is 119 cm³/mol. The highest BCUT2D eigenvalue weighted by atomic mass is 15.3. The van der Waals surface area contributed by atoms with Crippen molar-refractivity contribution in [2.75, 3.05) is 31.1 Å². The first-order valence-electron chi connectivity index (χ1n) is 10.3. The fourth-order valence-electron chi connectivity index (χ4n) is 3.97. The molecule has 150 valence electrons. The Labute approximate surface area is 176 Å². The second-order valence-electron chi connectivity index (χ2n) is 7.54. The minimum Gasteiger partial charge on any atom is -0.353 e. The quantitative estimate of drug-likeness (QED) is 0.555. The van der Waals surface area contributed by atoms with E-state index in [1.54, 1.807) is 12.4 Å². The molecule has 0 aliphatic carbocycles. The molecular formula is C24H24N6. The Morgan fingerprint density at radius 1 is 0.767 bits per heavy atom. The first-order valence-corrected chi connectivity index (χ1v) is 10.3. The summed E-state index contributed by atoms with van der Waals surface area (Å²) >= 11 is 0. The molecule has 0 bridgehead atoms. The third-order valence-corrected chi connectivity index (χ3v) is 5.64. The molecule has 0 spiro atoms. The number of hydrogen-bond acceptors (Lipinski definition) is 5. The summed E-state index contributed by atoms with van der Waals surface area (Å²) in [6, 6.07) is 19.2. The van der Waals surface area contributed by atoms with Crippen LogP contribution in [-0.2, 0) is 6.54 Å². The number of H-pyrrole nitrogens is 1. The van der Waals surface area contributed by atoms with Crippen LogP contribution in [0.4, 0.5) is 5.82 Å². The third-order valence-electron chi connectivity index (χ3n) is 5.64. The summed E-state index contributed by atoms with van der Waals surface area (Å²) in [6.45, 7) is 4.79. The van der Waals surface area contributed by atoms with Crippen molar-refractivity contribution in [3.8, 4) is 22.4 Å². The fraction of sp³-hybridized carbons (Fsp3) is 0.208. The zero-order valence-electron chi connectivity index (χ0n) is 16.8. The van der Waals surface area contributed by atoms with Gasteiger partial charge in [-0.2, -0.15) is 5.10 Å². The minimum absolute atomic E-state index is 0.889. The van der Waals surface area contributed by atoms with Gasteiger partial charge in [-0.3, -0.25) is 15.0 Å². The maximum absolute atomic E-state index is 4.42.